The smallest absolute Gasteiger partial charge is 0.0728 e. The third kappa shape index (κ3) is 2.02. The molecule has 62 valence electrons. The van der Waals surface area contributed by atoms with Gasteiger partial charge >= 0.3 is 0 Å². The second-order valence-electron chi connectivity index (χ2n) is 2.32. The van der Waals surface area contributed by atoms with Crippen LogP contribution in [0.2, 0.25) is 0 Å². The molecule has 0 unspecified atom stereocenters. The number of hydrogen-bond acceptors (Lipinski definition) is 2. The van der Waals surface area contributed by atoms with Gasteiger partial charge in [-0.05, 0) is 19.9 Å². The molecule has 2 heteroatoms. The van der Waals surface area contributed by atoms with Gasteiger partial charge in [0.25, 0.3) is 0 Å². The molecule has 0 bridgehead atoms. The van der Waals surface area contributed by atoms with Gasteiger partial charge in [0.2, 0.25) is 0 Å². The molecule has 1 aromatic heterocycles. The summed E-state index contributed by atoms with van der Waals surface area (Å²) < 4.78 is 0. The van der Waals surface area contributed by atoms with Crippen molar-refractivity contribution in [3.8, 4) is 0 Å². The second kappa shape index (κ2) is 4.44. The van der Waals surface area contributed by atoms with E-state index in [1.54, 1.807) is 12.4 Å². The lowest BCUT2D eigenvalue weighted by molar-refractivity contribution is 1.30. The van der Waals surface area contributed by atoms with Crippen LogP contribution in [0.15, 0.2) is 29.5 Å². The lowest BCUT2D eigenvalue weighted by atomic mass is 10.2. The fraction of sp³-hybridized carbons (Fsp3) is 0.200. The number of nitrogens with zero attached hydrogens (tertiary/aromatic N) is 2. The van der Waals surface area contributed by atoms with E-state index in [0.717, 1.165) is 11.3 Å². The zero-order valence-electron chi connectivity index (χ0n) is 7.36. The molecule has 0 radical (unpaired) electrons. The number of allylic oxidation sites excluding steroid dienone is 1. The maximum Gasteiger partial charge on any atom is 0.0728 e. The van der Waals surface area contributed by atoms with Crippen molar-refractivity contribution in [3.63, 3.8) is 0 Å². The molecule has 0 aliphatic carbocycles. The Kier molecular flexibility index (Phi) is 3.20. The molecule has 0 aromatic carbocycles. The van der Waals surface area contributed by atoms with E-state index in [2.05, 4.69) is 9.98 Å². The Morgan fingerprint density at radius 1 is 1.42 bits per heavy atom. The zero-order chi connectivity index (χ0) is 8.81. The van der Waals surface area contributed by atoms with Crippen molar-refractivity contribution in [1.82, 2.24) is 4.98 Å². The fourth-order valence-corrected chi connectivity index (χ4v) is 0.964. The average molecular weight is 160 g/mol. The standard InChI is InChI=1S/C10H12N2/c1-3-5-9-8-11-7-6-10(9)12-4-2/h3-8H,1-2H3/b5-3-,12-4?. The van der Waals surface area contributed by atoms with Crippen LogP contribution in [0.5, 0.6) is 0 Å². The summed E-state index contributed by atoms with van der Waals surface area (Å²) in [6, 6.07) is 1.90. The monoisotopic (exact) mass is 160 g/mol. The Morgan fingerprint density at radius 3 is 2.92 bits per heavy atom. The summed E-state index contributed by atoms with van der Waals surface area (Å²) in [5.74, 6) is 0. The minimum Gasteiger partial charge on any atom is -0.264 e. The SMILES string of the molecule is CC=Nc1ccncc1/C=C\C. The molecular weight excluding hydrogens is 148 g/mol. The van der Waals surface area contributed by atoms with Crippen LogP contribution < -0.4 is 0 Å². The van der Waals surface area contributed by atoms with E-state index in [1.807, 2.05) is 38.3 Å². The van der Waals surface area contributed by atoms with Crippen LogP contribution in [-0.4, -0.2) is 11.2 Å². The van der Waals surface area contributed by atoms with Crippen molar-refractivity contribution in [3.05, 3.63) is 30.1 Å². The molecule has 0 saturated carbocycles. The Balaban J connectivity index is 3.08. The van der Waals surface area contributed by atoms with Crippen LogP contribution in [0, 0.1) is 0 Å². The van der Waals surface area contributed by atoms with Gasteiger partial charge in [-0.15, -0.1) is 0 Å². The quantitative estimate of drug-likeness (QED) is 0.611. The molecule has 1 heterocycles. The molecule has 0 aliphatic rings. The average Bonchev–Trinajstić information content (AvgIpc) is 2.09. The molecule has 1 rings (SSSR count). The normalized spacial score (nSPS) is 11.5. The van der Waals surface area contributed by atoms with E-state index in [1.165, 1.54) is 0 Å². The topological polar surface area (TPSA) is 25.2 Å². The summed E-state index contributed by atoms with van der Waals surface area (Å²) in [5, 5.41) is 0. The zero-order valence-corrected chi connectivity index (χ0v) is 7.36. The van der Waals surface area contributed by atoms with Crippen molar-refractivity contribution in [1.29, 1.82) is 0 Å². The summed E-state index contributed by atoms with van der Waals surface area (Å²) >= 11 is 0. The van der Waals surface area contributed by atoms with Crippen LogP contribution in [0.1, 0.15) is 19.4 Å². The largest absolute Gasteiger partial charge is 0.264 e. The van der Waals surface area contributed by atoms with Crippen LogP contribution >= 0.6 is 0 Å². The van der Waals surface area contributed by atoms with Crippen LogP contribution in [-0.2, 0) is 0 Å². The van der Waals surface area contributed by atoms with Gasteiger partial charge in [-0.3, -0.25) is 9.98 Å². The highest BCUT2D eigenvalue weighted by molar-refractivity contribution is 5.68. The number of pyridine rings is 1. The molecule has 0 atom stereocenters. The lowest BCUT2D eigenvalue weighted by Crippen LogP contribution is -1.76. The predicted octanol–water partition coefficient (Wildman–Crippen LogP) is 2.84. The predicted molar refractivity (Wildman–Crippen MR) is 52.8 cm³/mol. The van der Waals surface area contributed by atoms with Crippen LogP contribution in [0.3, 0.4) is 0 Å². The minimum absolute atomic E-state index is 0.964. The summed E-state index contributed by atoms with van der Waals surface area (Å²) in [4.78, 5) is 8.23. The molecule has 0 N–H and O–H groups in total. The van der Waals surface area contributed by atoms with Gasteiger partial charge in [0.1, 0.15) is 0 Å². The maximum absolute atomic E-state index is 4.21. The van der Waals surface area contributed by atoms with E-state index >= 15 is 0 Å². The van der Waals surface area contributed by atoms with Crippen molar-refractivity contribution >= 4 is 18.0 Å². The highest BCUT2D eigenvalue weighted by Gasteiger charge is 1.93. The number of aromatic nitrogens is 1. The molecule has 0 amide bonds. The molecule has 12 heavy (non-hydrogen) atoms. The van der Waals surface area contributed by atoms with E-state index in [9.17, 15) is 0 Å². The molecule has 2 nitrogen and oxygen atoms in total. The van der Waals surface area contributed by atoms with Crippen LogP contribution in [0.4, 0.5) is 5.69 Å². The van der Waals surface area contributed by atoms with E-state index in [4.69, 9.17) is 0 Å². The first-order chi connectivity index (χ1) is 5.88. The molecule has 1 aromatic rings. The van der Waals surface area contributed by atoms with Gasteiger partial charge < -0.3 is 0 Å². The Hall–Kier alpha value is -1.44. The fourth-order valence-electron chi connectivity index (χ4n) is 0.964. The summed E-state index contributed by atoms with van der Waals surface area (Å²) in [6.07, 6.45) is 9.31. The maximum atomic E-state index is 4.21. The van der Waals surface area contributed by atoms with Crippen molar-refractivity contribution < 1.29 is 0 Å². The Bertz CT molecular complexity index is 269. The van der Waals surface area contributed by atoms with Crippen molar-refractivity contribution in [2.24, 2.45) is 4.99 Å². The van der Waals surface area contributed by atoms with Crippen molar-refractivity contribution in [2.45, 2.75) is 13.8 Å². The summed E-state index contributed by atoms with van der Waals surface area (Å²) in [6.45, 7) is 3.88. The van der Waals surface area contributed by atoms with Gasteiger partial charge in [-0.25, -0.2) is 0 Å². The molecular formula is C10H12N2. The molecule has 0 spiro atoms. The molecule has 0 saturated heterocycles. The minimum atomic E-state index is 0.964. The first-order valence-electron chi connectivity index (χ1n) is 3.94. The van der Waals surface area contributed by atoms with E-state index in [-0.39, 0.29) is 0 Å². The number of rotatable bonds is 2. The van der Waals surface area contributed by atoms with Gasteiger partial charge in [0, 0.05) is 24.2 Å². The van der Waals surface area contributed by atoms with Gasteiger partial charge in [0.15, 0.2) is 0 Å². The summed E-state index contributed by atoms with van der Waals surface area (Å²) in [7, 11) is 0. The van der Waals surface area contributed by atoms with Crippen molar-refractivity contribution in [2.75, 3.05) is 0 Å². The number of hydrogen-bond donors (Lipinski definition) is 0. The molecule has 0 aliphatic heterocycles. The van der Waals surface area contributed by atoms with E-state index in [0.29, 0.717) is 0 Å². The van der Waals surface area contributed by atoms with Gasteiger partial charge in [-0.2, -0.15) is 0 Å². The highest BCUT2D eigenvalue weighted by atomic mass is 14.7. The first-order valence-corrected chi connectivity index (χ1v) is 3.94. The van der Waals surface area contributed by atoms with Gasteiger partial charge in [-0.1, -0.05) is 12.2 Å². The highest BCUT2D eigenvalue weighted by Crippen LogP contribution is 2.17. The Morgan fingerprint density at radius 2 is 2.25 bits per heavy atom. The van der Waals surface area contributed by atoms with Crippen LogP contribution in [0.25, 0.3) is 6.08 Å². The van der Waals surface area contributed by atoms with Gasteiger partial charge in [0.05, 0.1) is 5.69 Å². The Labute approximate surface area is 72.7 Å². The summed E-state index contributed by atoms with van der Waals surface area (Å²) in [5.41, 5.74) is 2.02. The molecule has 0 fully saturated rings. The lowest BCUT2D eigenvalue weighted by Gasteiger charge is -1.96. The van der Waals surface area contributed by atoms with E-state index < -0.39 is 0 Å². The number of aliphatic imine (C=N–C) groups is 1. The third-order valence-corrected chi connectivity index (χ3v) is 1.44. The first kappa shape index (κ1) is 8.65. The third-order valence-electron chi connectivity index (χ3n) is 1.44. The second-order valence-corrected chi connectivity index (χ2v) is 2.32.